The highest BCUT2D eigenvalue weighted by Gasteiger charge is 2.30. The summed E-state index contributed by atoms with van der Waals surface area (Å²) in [7, 11) is 1.78. The number of nitrogens with zero attached hydrogens (tertiary/aromatic N) is 2. The number of rotatable bonds is 7. The minimum Gasteiger partial charge on any atom is -0.379 e. The standard InChI is InChI=1S/C14H26BrN3O/c1-7-16-12(14(19-6)9(2)3)13-11(15)8-17-18(13)10(4)5/h8-10,12,14,16H,7H2,1-6H3. The number of ether oxygens (including phenoxy) is 1. The maximum Gasteiger partial charge on any atom is 0.0804 e. The second-order valence-corrected chi connectivity index (χ2v) is 6.25. The van der Waals surface area contributed by atoms with Gasteiger partial charge in [-0.2, -0.15) is 5.10 Å². The average molecular weight is 332 g/mol. The topological polar surface area (TPSA) is 39.1 Å². The first-order valence-electron chi connectivity index (χ1n) is 6.93. The summed E-state index contributed by atoms with van der Waals surface area (Å²) in [6, 6.07) is 0.460. The molecule has 1 N–H and O–H groups in total. The van der Waals surface area contributed by atoms with Crippen LogP contribution in [0.4, 0.5) is 0 Å². The lowest BCUT2D eigenvalue weighted by molar-refractivity contribution is 0.0300. The highest BCUT2D eigenvalue weighted by Crippen LogP contribution is 2.31. The molecule has 1 heterocycles. The predicted octanol–water partition coefficient (Wildman–Crippen LogP) is 3.55. The number of hydrogen-bond donors (Lipinski definition) is 1. The molecule has 0 aliphatic carbocycles. The van der Waals surface area contributed by atoms with Crippen LogP contribution in [0.5, 0.6) is 0 Å². The monoisotopic (exact) mass is 331 g/mol. The molecule has 0 aromatic carbocycles. The van der Waals surface area contributed by atoms with Crippen molar-refractivity contribution in [2.24, 2.45) is 5.92 Å². The molecule has 1 rings (SSSR count). The van der Waals surface area contributed by atoms with Gasteiger partial charge in [-0.3, -0.25) is 4.68 Å². The number of hydrogen-bond acceptors (Lipinski definition) is 3. The van der Waals surface area contributed by atoms with Gasteiger partial charge in [0.2, 0.25) is 0 Å². The molecule has 4 nitrogen and oxygen atoms in total. The molecule has 110 valence electrons. The molecule has 0 spiro atoms. The molecule has 0 amide bonds. The molecule has 5 heteroatoms. The van der Waals surface area contributed by atoms with Crippen molar-refractivity contribution in [2.45, 2.75) is 52.8 Å². The summed E-state index contributed by atoms with van der Waals surface area (Å²) in [5, 5.41) is 8.01. The Labute approximate surface area is 125 Å². The van der Waals surface area contributed by atoms with E-state index in [9.17, 15) is 0 Å². The van der Waals surface area contributed by atoms with Gasteiger partial charge in [0.05, 0.1) is 28.5 Å². The first-order valence-corrected chi connectivity index (χ1v) is 7.72. The Kier molecular flexibility index (Phi) is 6.50. The van der Waals surface area contributed by atoms with Gasteiger partial charge in [-0.25, -0.2) is 0 Å². The van der Waals surface area contributed by atoms with Gasteiger partial charge in [0.25, 0.3) is 0 Å². The maximum absolute atomic E-state index is 5.72. The van der Waals surface area contributed by atoms with Gasteiger partial charge in [-0.15, -0.1) is 0 Å². The molecular formula is C14H26BrN3O. The van der Waals surface area contributed by atoms with Gasteiger partial charge in [0.15, 0.2) is 0 Å². The number of methoxy groups -OCH3 is 1. The minimum absolute atomic E-state index is 0.116. The van der Waals surface area contributed by atoms with Crippen molar-refractivity contribution in [3.05, 3.63) is 16.4 Å². The van der Waals surface area contributed by atoms with Crippen LogP contribution in [0.25, 0.3) is 0 Å². The van der Waals surface area contributed by atoms with Gasteiger partial charge in [0.1, 0.15) is 0 Å². The average Bonchev–Trinajstić information content (AvgIpc) is 2.70. The molecule has 2 unspecified atom stereocenters. The number of aromatic nitrogens is 2. The first-order chi connectivity index (χ1) is 8.93. The Morgan fingerprint density at radius 1 is 1.37 bits per heavy atom. The lowest BCUT2D eigenvalue weighted by Crippen LogP contribution is -2.38. The van der Waals surface area contributed by atoms with Crippen molar-refractivity contribution in [1.82, 2.24) is 15.1 Å². The minimum atomic E-state index is 0.116. The zero-order chi connectivity index (χ0) is 14.6. The van der Waals surface area contributed by atoms with Crippen LogP contribution in [0.3, 0.4) is 0 Å². The van der Waals surface area contributed by atoms with E-state index in [1.165, 1.54) is 0 Å². The summed E-state index contributed by atoms with van der Waals surface area (Å²) < 4.78 is 8.81. The Balaban J connectivity index is 3.21. The van der Waals surface area contributed by atoms with Gasteiger partial charge in [-0.1, -0.05) is 20.8 Å². The van der Waals surface area contributed by atoms with E-state index in [2.05, 4.69) is 65.6 Å². The van der Waals surface area contributed by atoms with Crippen LogP contribution in [0, 0.1) is 5.92 Å². The van der Waals surface area contributed by atoms with Crippen molar-refractivity contribution in [2.75, 3.05) is 13.7 Å². The van der Waals surface area contributed by atoms with Gasteiger partial charge in [0, 0.05) is 13.2 Å². The van der Waals surface area contributed by atoms with Gasteiger partial charge >= 0.3 is 0 Å². The summed E-state index contributed by atoms with van der Waals surface area (Å²) in [6.07, 6.45) is 1.98. The number of likely N-dealkylation sites (N-methyl/N-ethyl adjacent to an activating group) is 1. The SMILES string of the molecule is CCNC(c1c(Br)cnn1C(C)C)C(OC)C(C)C. The Bertz CT molecular complexity index is 390. The predicted molar refractivity (Wildman–Crippen MR) is 82.4 cm³/mol. The van der Waals surface area contributed by atoms with E-state index < -0.39 is 0 Å². The molecule has 0 aliphatic rings. The van der Waals surface area contributed by atoms with Crippen LogP contribution < -0.4 is 5.32 Å². The first kappa shape index (κ1) is 16.7. The largest absolute Gasteiger partial charge is 0.379 e. The van der Waals surface area contributed by atoms with Gasteiger partial charge in [-0.05, 0) is 42.2 Å². The Morgan fingerprint density at radius 3 is 2.42 bits per heavy atom. The fraction of sp³-hybridized carbons (Fsp3) is 0.786. The molecule has 0 fully saturated rings. The summed E-state index contributed by atoms with van der Waals surface area (Å²) >= 11 is 3.62. The van der Waals surface area contributed by atoms with Gasteiger partial charge < -0.3 is 10.1 Å². The van der Waals surface area contributed by atoms with E-state index in [0.717, 1.165) is 16.7 Å². The van der Waals surface area contributed by atoms with Crippen LogP contribution in [-0.2, 0) is 4.74 Å². The second-order valence-electron chi connectivity index (χ2n) is 5.40. The lowest BCUT2D eigenvalue weighted by atomic mass is 9.96. The van der Waals surface area contributed by atoms with Crippen LogP contribution in [0.15, 0.2) is 10.7 Å². The third-order valence-corrected chi connectivity index (χ3v) is 3.86. The highest BCUT2D eigenvalue weighted by molar-refractivity contribution is 9.10. The highest BCUT2D eigenvalue weighted by atomic mass is 79.9. The number of halogens is 1. The van der Waals surface area contributed by atoms with E-state index in [4.69, 9.17) is 4.74 Å². The van der Waals surface area contributed by atoms with Crippen molar-refractivity contribution in [3.63, 3.8) is 0 Å². The Morgan fingerprint density at radius 2 is 2.00 bits per heavy atom. The van der Waals surface area contributed by atoms with Crippen LogP contribution in [-0.4, -0.2) is 29.5 Å². The molecule has 19 heavy (non-hydrogen) atoms. The van der Waals surface area contributed by atoms with Crippen molar-refractivity contribution >= 4 is 15.9 Å². The zero-order valence-electron chi connectivity index (χ0n) is 12.8. The second kappa shape index (κ2) is 7.41. The van der Waals surface area contributed by atoms with E-state index >= 15 is 0 Å². The molecule has 2 atom stereocenters. The zero-order valence-corrected chi connectivity index (χ0v) is 14.4. The maximum atomic E-state index is 5.72. The molecule has 0 saturated heterocycles. The van der Waals surface area contributed by atoms with Crippen LogP contribution in [0.2, 0.25) is 0 Å². The van der Waals surface area contributed by atoms with Crippen molar-refractivity contribution < 1.29 is 4.74 Å². The van der Waals surface area contributed by atoms with Crippen LogP contribution in [0.1, 0.15) is 52.4 Å². The molecule has 0 radical (unpaired) electrons. The van der Waals surface area contributed by atoms with Crippen molar-refractivity contribution in [3.8, 4) is 0 Å². The summed E-state index contributed by atoms with van der Waals surface area (Å²) in [5.74, 6) is 0.427. The molecule has 0 bridgehead atoms. The van der Waals surface area contributed by atoms with E-state index in [1.54, 1.807) is 7.11 Å². The quantitative estimate of drug-likeness (QED) is 0.830. The Hall–Kier alpha value is -0.390. The van der Waals surface area contributed by atoms with Crippen molar-refractivity contribution in [1.29, 1.82) is 0 Å². The number of nitrogens with one attached hydrogen (secondary N) is 1. The summed E-state index contributed by atoms with van der Waals surface area (Å²) in [6.45, 7) is 11.7. The lowest BCUT2D eigenvalue weighted by Gasteiger charge is -2.31. The third kappa shape index (κ3) is 3.80. The molecule has 1 aromatic heterocycles. The molecule has 1 aromatic rings. The molecular weight excluding hydrogens is 306 g/mol. The van der Waals surface area contributed by atoms with E-state index in [-0.39, 0.29) is 12.1 Å². The molecule has 0 aliphatic heterocycles. The normalized spacial score (nSPS) is 15.2. The fourth-order valence-electron chi connectivity index (χ4n) is 2.43. The smallest absolute Gasteiger partial charge is 0.0804 e. The van der Waals surface area contributed by atoms with E-state index in [0.29, 0.717) is 12.0 Å². The third-order valence-electron chi connectivity index (χ3n) is 3.25. The molecule has 0 saturated carbocycles. The summed E-state index contributed by atoms with van der Waals surface area (Å²) in [5.41, 5.74) is 1.16. The van der Waals surface area contributed by atoms with E-state index in [1.807, 2.05) is 6.20 Å². The van der Waals surface area contributed by atoms with Crippen LogP contribution >= 0.6 is 15.9 Å². The fourth-order valence-corrected chi connectivity index (χ4v) is 2.95. The summed E-state index contributed by atoms with van der Waals surface area (Å²) in [4.78, 5) is 0.